The van der Waals surface area contributed by atoms with Crippen molar-refractivity contribution >= 4 is 5.69 Å². The molecule has 1 fully saturated rings. The van der Waals surface area contributed by atoms with Gasteiger partial charge in [0.15, 0.2) is 0 Å². The Morgan fingerprint density at radius 2 is 2.17 bits per heavy atom. The van der Waals surface area contributed by atoms with Crippen molar-refractivity contribution < 1.29 is 9.47 Å². The van der Waals surface area contributed by atoms with Gasteiger partial charge in [0.2, 0.25) is 5.88 Å². The van der Waals surface area contributed by atoms with E-state index in [1.54, 1.807) is 0 Å². The summed E-state index contributed by atoms with van der Waals surface area (Å²) in [6.07, 6.45) is 3.16. The van der Waals surface area contributed by atoms with E-state index in [0.29, 0.717) is 18.2 Å². The zero-order valence-electron chi connectivity index (χ0n) is 11.3. The van der Waals surface area contributed by atoms with E-state index in [2.05, 4.69) is 12.0 Å². The molecule has 5 nitrogen and oxygen atoms in total. The third-order valence-corrected chi connectivity index (χ3v) is 3.36. The molecule has 102 valence electrons. The Kier molecular flexibility index (Phi) is 4.47. The first-order valence-corrected chi connectivity index (χ1v) is 6.75. The molecule has 1 aromatic heterocycles. The normalized spacial score (nSPS) is 17.0. The second-order valence-corrected chi connectivity index (χ2v) is 4.89. The number of nitrogen functional groups attached to an aromatic ring is 1. The van der Waals surface area contributed by atoms with Gasteiger partial charge < -0.3 is 15.2 Å². The highest BCUT2D eigenvalue weighted by atomic mass is 16.5. The summed E-state index contributed by atoms with van der Waals surface area (Å²) in [4.78, 5) is 0. The maximum Gasteiger partial charge on any atom is 0.236 e. The molecule has 0 radical (unpaired) electrons. The maximum absolute atomic E-state index is 6.02. The highest BCUT2D eigenvalue weighted by Crippen LogP contribution is 2.26. The van der Waals surface area contributed by atoms with Crippen molar-refractivity contribution in [3.63, 3.8) is 0 Å². The lowest BCUT2D eigenvalue weighted by Crippen LogP contribution is -2.22. The van der Waals surface area contributed by atoms with Crippen LogP contribution in [0.25, 0.3) is 0 Å². The maximum atomic E-state index is 6.02. The van der Waals surface area contributed by atoms with E-state index in [4.69, 9.17) is 15.2 Å². The molecule has 18 heavy (non-hydrogen) atoms. The van der Waals surface area contributed by atoms with Crippen LogP contribution in [0, 0.1) is 12.8 Å². The fourth-order valence-electron chi connectivity index (χ4n) is 2.20. The van der Waals surface area contributed by atoms with Crippen LogP contribution in [0.15, 0.2) is 0 Å². The minimum absolute atomic E-state index is 0.573. The van der Waals surface area contributed by atoms with Crippen LogP contribution in [-0.4, -0.2) is 29.6 Å². The molecule has 0 aliphatic carbocycles. The number of aryl methyl sites for hydroxylation is 2. The number of hydrogen-bond acceptors (Lipinski definition) is 4. The molecule has 0 aromatic carbocycles. The molecule has 2 N–H and O–H groups in total. The van der Waals surface area contributed by atoms with Gasteiger partial charge in [-0.15, -0.1) is 0 Å². The number of nitrogens with zero attached hydrogens (tertiary/aromatic N) is 2. The van der Waals surface area contributed by atoms with Crippen LogP contribution in [0.3, 0.4) is 0 Å². The zero-order valence-corrected chi connectivity index (χ0v) is 11.3. The van der Waals surface area contributed by atoms with Crippen LogP contribution in [0.2, 0.25) is 0 Å². The second-order valence-electron chi connectivity index (χ2n) is 4.89. The first kappa shape index (κ1) is 13.2. The van der Waals surface area contributed by atoms with Crippen LogP contribution in [0.1, 0.15) is 31.9 Å². The molecule has 1 aliphatic heterocycles. The van der Waals surface area contributed by atoms with E-state index < -0.39 is 0 Å². The highest BCUT2D eigenvalue weighted by molar-refractivity contribution is 5.52. The SMILES string of the molecule is CCCn1nc(C)c(N)c1OCC1CCOCC1. The van der Waals surface area contributed by atoms with Crippen LogP contribution in [-0.2, 0) is 11.3 Å². The van der Waals surface area contributed by atoms with E-state index in [9.17, 15) is 0 Å². The van der Waals surface area contributed by atoms with Gasteiger partial charge in [-0.2, -0.15) is 5.10 Å². The van der Waals surface area contributed by atoms with Crippen LogP contribution in [0.4, 0.5) is 5.69 Å². The minimum atomic E-state index is 0.573. The number of aromatic nitrogens is 2. The van der Waals surface area contributed by atoms with E-state index in [1.807, 2.05) is 11.6 Å². The Balaban J connectivity index is 1.98. The predicted octanol–water partition coefficient (Wildman–Crippen LogP) is 1.99. The van der Waals surface area contributed by atoms with Crippen molar-refractivity contribution in [3.8, 4) is 5.88 Å². The van der Waals surface area contributed by atoms with Gasteiger partial charge in [0.05, 0.1) is 12.3 Å². The Morgan fingerprint density at radius 1 is 1.44 bits per heavy atom. The molecule has 0 atom stereocenters. The van der Waals surface area contributed by atoms with Crippen LogP contribution >= 0.6 is 0 Å². The number of hydrogen-bond donors (Lipinski definition) is 1. The van der Waals surface area contributed by atoms with Crippen molar-refractivity contribution in [2.75, 3.05) is 25.6 Å². The summed E-state index contributed by atoms with van der Waals surface area (Å²) in [5.74, 6) is 1.31. The highest BCUT2D eigenvalue weighted by Gasteiger charge is 2.18. The number of nitrogens with two attached hydrogens (primary N) is 1. The molecule has 2 rings (SSSR count). The lowest BCUT2D eigenvalue weighted by Gasteiger charge is -2.22. The van der Waals surface area contributed by atoms with E-state index in [1.165, 1.54) is 0 Å². The topological polar surface area (TPSA) is 62.3 Å². The summed E-state index contributed by atoms with van der Waals surface area (Å²) in [6, 6.07) is 0. The van der Waals surface area contributed by atoms with E-state index >= 15 is 0 Å². The largest absolute Gasteiger partial charge is 0.476 e. The van der Waals surface area contributed by atoms with Crippen LogP contribution < -0.4 is 10.5 Å². The number of anilines is 1. The number of rotatable bonds is 5. The van der Waals surface area contributed by atoms with Gasteiger partial charge in [0.1, 0.15) is 5.69 Å². The van der Waals surface area contributed by atoms with E-state index in [-0.39, 0.29) is 0 Å². The minimum Gasteiger partial charge on any atom is -0.476 e. The second kappa shape index (κ2) is 6.09. The van der Waals surface area contributed by atoms with Crippen LogP contribution in [0.5, 0.6) is 5.88 Å². The molecule has 5 heteroatoms. The van der Waals surface area contributed by atoms with Gasteiger partial charge >= 0.3 is 0 Å². The molecule has 1 saturated heterocycles. The summed E-state index contributed by atoms with van der Waals surface area (Å²) in [5.41, 5.74) is 7.54. The van der Waals surface area contributed by atoms with Gasteiger partial charge in [-0.25, -0.2) is 4.68 Å². The molecule has 0 bridgehead atoms. The molecule has 1 aromatic rings. The standard InChI is InChI=1S/C13H23N3O2/c1-3-6-16-13(12(14)10(2)15-16)18-9-11-4-7-17-8-5-11/h11H,3-9,14H2,1-2H3. The fourth-order valence-corrected chi connectivity index (χ4v) is 2.20. The van der Waals surface area contributed by atoms with Crippen molar-refractivity contribution in [1.29, 1.82) is 0 Å². The third kappa shape index (κ3) is 2.96. The molecular formula is C13H23N3O2. The van der Waals surface area contributed by atoms with E-state index in [0.717, 1.165) is 50.6 Å². The molecule has 0 spiro atoms. The van der Waals surface area contributed by atoms with Gasteiger partial charge in [0.25, 0.3) is 0 Å². The molecule has 0 saturated carbocycles. The van der Waals surface area contributed by atoms with Crippen molar-refractivity contribution in [1.82, 2.24) is 9.78 Å². The van der Waals surface area contributed by atoms with Crippen molar-refractivity contribution in [2.45, 2.75) is 39.7 Å². The summed E-state index contributed by atoms with van der Waals surface area (Å²) in [7, 11) is 0. The lowest BCUT2D eigenvalue weighted by atomic mass is 10.0. The predicted molar refractivity (Wildman–Crippen MR) is 70.7 cm³/mol. The quantitative estimate of drug-likeness (QED) is 0.871. The Morgan fingerprint density at radius 3 is 2.83 bits per heavy atom. The smallest absolute Gasteiger partial charge is 0.236 e. The third-order valence-electron chi connectivity index (χ3n) is 3.36. The molecular weight excluding hydrogens is 230 g/mol. The van der Waals surface area contributed by atoms with Gasteiger partial charge in [-0.3, -0.25) is 0 Å². The zero-order chi connectivity index (χ0) is 13.0. The average Bonchev–Trinajstić information content (AvgIpc) is 2.65. The van der Waals surface area contributed by atoms with Crippen molar-refractivity contribution in [3.05, 3.63) is 5.69 Å². The lowest BCUT2D eigenvalue weighted by molar-refractivity contribution is 0.0483. The summed E-state index contributed by atoms with van der Waals surface area (Å²) >= 11 is 0. The summed E-state index contributed by atoms with van der Waals surface area (Å²) < 4.78 is 13.1. The fraction of sp³-hybridized carbons (Fsp3) is 0.769. The average molecular weight is 253 g/mol. The van der Waals surface area contributed by atoms with Gasteiger partial charge in [-0.05, 0) is 32.1 Å². The Bertz CT molecular complexity index is 384. The monoisotopic (exact) mass is 253 g/mol. The molecule has 0 unspecified atom stereocenters. The molecule has 2 heterocycles. The summed E-state index contributed by atoms with van der Waals surface area (Å²) in [6.45, 7) is 7.29. The summed E-state index contributed by atoms with van der Waals surface area (Å²) in [5, 5.41) is 4.41. The Labute approximate surface area is 108 Å². The molecule has 0 amide bonds. The first-order chi connectivity index (χ1) is 8.72. The first-order valence-electron chi connectivity index (χ1n) is 6.75. The number of ether oxygens (including phenoxy) is 2. The Hall–Kier alpha value is -1.23. The molecule has 1 aliphatic rings. The van der Waals surface area contributed by atoms with Gasteiger partial charge in [0, 0.05) is 19.8 Å². The van der Waals surface area contributed by atoms with Crippen molar-refractivity contribution in [2.24, 2.45) is 5.92 Å². The van der Waals surface area contributed by atoms with Gasteiger partial charge in [-0.1, -0.05) is 6.92 Å².